The van der Waals surface area contributed by atoms with Gasteiger partial charge in [0.1, 0.15) is 5.75 Å². The summed E-state index contributed by atoms with van der Waals surface area (Å²) in [6.07, 6.45) is 1.19. The van der Waals surface area contributed by atoms with Crippen molar-refractivity contribution in [2.45, 2.75) is 18.9 Å². The van der Waals surface area contributed by atoms with Crippen LogP contribution in [0.5, 0.6) is 5.75 Å². The number of benzene rings is 1. The largest absolute Gasteiger partial charge is 0.426 e. The lowest BCUT2D eigenvalue weighted by Gasteiger charge is -2.30. The minimum Gasteiger partial charge on any atom is -0.426 e. The molecular weight excluding hydrogens is 180 g/mol. The summed E-state index contributed by atoms with van der Waals surface area (Å²) >= 11 is 0. The molecule has 14 heavy (non-hydrogen) atoms. The first-order valence-corrected chi connectivity index (χ1v) is 4.78. The Balaban J connectivity index is 2.18. The lowest BCUT2D eigenvalue weighted by Crippen LogP contribution is -2.26. The van der Waals surface area contributed by atoms with Crippen LogP contribution in [0.25, 0.3) is 0 Å². The van der Waals surface area contributed by atoms with Gasteiger partial charge in [0.2, 0.25) is 0 Å². The molecule has 0 radical (unpaired) electrons. The Hall–Kier alpha value is -1.35. The summed E-state index contributed by atoms with van der Waals surface area (Å²) in [5.74, 6) is 0.491. The highest BCUT2D eigenvalue weighted by Crippen LogP contribution is 2.39. The van der Waals surface area contributed by atoms with Crippen molar-refractivity contribution in [2.75, 3.05) is 6.61 Å². The molecule has 0 N–H and O–H groups in total. The molecule has 1 unspecified atom stereocenters. The summed E-state index contributed by atoms with van der Waals surface area (Å²) in [5.41, 5.74) is 2.34. The normalized spacial score (nSPS) is 24.0. The van der Waals surface area contributed by atoms with Crippen LogP contribution in [-0.2, 0) is 16.0 Å². The molecule has 0 aromatic heterocycles. The fourth-order valence-electron chi connectivity index (χ4n) is 2.13. The first-order chi connectivity index (χ1) is 6.84. The molecule has 0 spiro atoms. The van der Waals surface area contributed by atoms with Gasteiger partial charge in [-0.3, -0.25) is 4.79 Å². The Labute approximate surface area is 81.6 Å². The fourth-order valence-corrected chi connectivity index (χ4v) is 2.13. The molecule has 0 bridgehead atoms. The summed E-state index contributed by atoms with van der Waals surface area (Å²) in [7, 11) is 0. The van der Waals surface area contributed by atoms with Gasteiger partial charge < -0.3 is 9.47 Å². The molecule has 0 aliphatic carbocycles. The Kier molecular flexibility index (Phi) is 1.61. The van der Waals surface area contributed by atoms with Gasteiger partial charge in [-0.05, 0) is 18.1 Å². The first kappa shape index (κ1) is 8.00. The Morgan fingerprint density at radius 1 is 1.36 bits per heavy atom. The number of esters is 1. The van der Waals surface area contributed by atoms with Crippen LogP contribution >= 0.6 is 0 Å². The van der Waals surface area contributed by atoms with Gasteiger partial charge in [-0.1, -0.05) is 12.1 Å². The third-order valence-corrected chi connectivity index (χ3v) is 2.74. The highest BCUT2D eigenvalue weighted by Gasteiger charge is 2.32. The van der Waals surface area contributed by atoms with Crippen LogP contribution in [0.1, 0.15) is 23.7 Å². The molecule has 2 heterocycles. The summed E-state index contributed by atoms with van der Waals surface area (Å²) in [6.45, 7) is 0.703. The van der Waals surface area contributed by atoms with Gasteiger partial charge in [0.15, 0.2) is 0 Å². The average molecular weight is 190 g/mol. The third kappa shape index (κ3) is 1.06. The van der Waals surface area contributed by atoms with Crippen molar-refractivity contribution in [3.63, 3.8) is 0 Å². The van der Waals surface area contributed by atoms with Gasteiger partial charge in [0.25, 0.3) is 0 Å². The van der Waals surface area contributed by atoms with E-state index in [1.54, 1.807) is 0 Å². The SMILES string of the molecule is O=C1CC2OCCc3cccc(c32)O1. The molecule has 2 aliphatic rings. The molecule has 0 saturated heterocycles. The topological polar surface area (TPSA) is 35.5 Å². The van der Waals surface area contributed by atoms with E-state index in [0.717, 1.165) is 12.0 Å². The number of carbonyl (C=O) groups is 1. The van der Waals surface area contributed by atoms with Crippen molar-refractivity contribution < 1.29 is 14.3 Å². The predicted octanol–water partition coefficient (Wildman–Crippen LogP) is 1.61. The van der Waals surface area contributed by atoms with Crippen molar-refractivity contribution in [3.8, 4) is 5.75 Å². The maximum atomic E-state index is 11.2. The number of rotatable bonds is 0. The van der Waals surface area contributed by atoms with Gasteiger partial charge in [-0.2, -0.15) is 0 Å². The van der Waals surface area contributed by atoms with E-state index in [4.69, 9.17) is 9.47 Å². The van der Waals surface area contributed by atoms with Crippen LogP contribution in [0, 0.1) is 0 Å². The molecule has 2 aliphatic heterocycles. The summed E-state index contributed by atoms with van der Waals surface area (Å²) in [6, 6.07) is 5.83. The highest BCUT2D eigenvalue weighted by molar-refractivity contribution is 5.76. The van der Waals surface area contributed by atoms with Crippen molar-refractivity contribution in [1.29, 1.82) is 0 Å². The van der Waals surface area contributed by atoms with Gasteiger partial charge in [0, 0.05) is 5.56 Å². The summed E-state index contributed by atoms with van der Waals surface area (Å²) < 4.78 is 10.7. The molecule has 1 aromatic carbocycles. The standard InChI is InChI=1S/C11H10O3/c12-10-6-9-11-7(4-5-13-9)2-1-3-8(11)14-10/h1-3,9H,4-6H2. The highest BCUT2D eigenvalue weighted by atomic mass is 16.5. The Morgan fingerprint density at radius 3 is 3.21 bits per heavy atom. The maximum Gasteiger partial charge on any atom is 0.314 e. The minimum atomic E-state index is -0.193. The van der Waals surface area contributed by atoms with Crippen molar-refractivity contribution in [1.82, 2.24) is 0 Å². The monoisotopic (exact) mass is 190 g/mol. The summed E-state index contributed by atoms with van der Waals surface area (Å²) in [4.78, 5) is 11.2. The number of hydrogen-bond donors (Lipinski definition) is 0. The Morgan fingerprint density at radius 2 is 2.29 bits per heavy atom. The predicted molar refractivity (Wildman–Crippen MR) is 49.1 cm³/mol. The molecule has 3 nitrogen and oxygen atoms in total. The van der Waals surface area contributed by atoms with Crippen LogP contribution < -0.4 is 4.74 Å². The number of ether oxygens (including phenoxy) is 2. The fraction of sp³-hybridized carbons (Fsp3) is 0.364. The molecule has 72 valence electrons. The molecule has 3 rings (SSSR count). The van der Waals surface area contributed by atoms with Crippen molar-refractivity contribution in [3.05, 3.63) is 29.3 Å². The van der Waals surface area contributed by atoms with Crippen LogP contribution in [0.15, 0.2) is 18.2 Å². The van der Waals surface area contributed by atoms with E-state index in [9.17, 15) is 4.79 Å². The van der Waals surface area contributed by atoms with E-state index in [-0.39, 0.29) is 12.1 Å². The van der Waals surface area contributed by atoms with Gasteiger partial charge >= 0.3 is 5.97 Å². The zero-order chi connectivity index (χ0) is 9.54. The molecule has 1 aromatic rings. The second-order valence-corrected chi connectivity index (χ2v) is 3.62. The average Bonchev–Trinajstić information content (AvgIpc) is 2.18. The maximum absolute atomic E-state index is 11.2. The molecule has 3 heteroatoms. The van der Waals surface area contributed by atoms with E-state index in [0.29, 0.717) is 18.8 Å². The number of carbonyl (C=O) groups excluding carboxylic acids is 1. The third-order valence-electron chi connectivity index (χ3n) is 2.74. The van der Waals surface area contributed by atoms with E-state index < -0.39 is 0 Å². The van der Waals surface area contributed by atoms with E-state index in [1.807, 2.05) is 12.1 Å². The van der Waals surface area contributed by atoms with Crippen LogP contribution in [-0.4, -0.2) is 12.6 Å². The first-order valence-electron chi connectivity index (χ1n) is 4.78. The zero-order valence-electron chi connectivity index (χ0n) is 7.66. The quantitative estimate of drug-likeness (QED) is 0.460. The molecule has 0 fully saturated rings. The van der Waals surface area contributed by atoms with Gasteiger partial charge in [-0.25, -0.2) is 0 Å². The second-order valence-electron chi connectivity index (χ2n) is 3.62. The molecule has 0 amide bonds. The lowest BCUT2D eigenvalue weighted by molar-refractivity contribution is -0.140. The van der Waals surface area contributed by atoms with E-state index in [1.165, 1.54) is 5.56 Å². The van der Waals surface area contributed by atoms with Crippen molar-refractivity contribution in [2.24, 2.45) is 0 Å². The summed E-state index contributed by atoms with van der Waals surface area (Å²) in [5, 5.41) is 0. The van der Waals surface area contributed by atoms with Crippen molar-refractivity contribution >= 4 is 5.97 Å². The number of hydrogen-bond acceptors (Lipinski definition) is 3. The van der Waals surface area contributed by atoms with Crippen LogP contribution in [0.4, 0.5) is 0 Å². The van der Waals surface area contributed by atoms with Gasteiger partial charge in [0.05, 0.1) is 19.1 Å². The van der Waals surface area contributed by atoms with E-state index >= 15 is 0 Å². The minimum absolute atomic E-state index is 0.0730. The lowest BCUT2D eigenvalue weighted by atomic mass is 9.93. The Bertz CT molecular complexity index is 398. The van der Waals surface area contributed by atoms with Crippen LogP contribution in [0.3, 0.4) is 0 Å². The zero-order valence-corrected chi connectivity index (χ0v) is 7.66. The van der Waals surface area contributed by atoms with E-state index in [2.05, 4.69) is 6.07 Å². The molecular formula is C11H10O3. The second kappa shape index (κ2) is 2.82. The molecule has 0 saturated carbocycles. The van der Waals surface area contributed by atoms with Gasteiger partial charge in [-0.15, -0.1) is 0 Å². The smallest absolute Gasteiger partial charge is 0.314 e. The van der Waals surface area contributed by atoms with Crippen LogP contribution in [0.2, 0.25) is 0 Å². The molecule has 1 atom stereocenters.